The van der Waals surface area contributed by atoms with E-state index in [2.05, 4.69) is 176 Å². The Morgan fingerprint density at radius 1 is 0.447 bits per heavy atom. The van der Waals surface area contributed by atoms with Crippen molar-refractivity contribution in [2.24, 2.45) is 0 Å². The Bertz CT molecular complexity index is 2090. The topological polar surface area (TPSA) is 0 Å². The van der Waals surface area contributed by atoms with Crippen LogP contribution in [0.25, 0.3) is 44.5 Å². The molecule has 0 aromatic heterocycles. The first-order chi connectivity index (χ1) is 22.6. The van der Waals surface area contributed by atoms with Crippen molar-refractivity contribution in [1.29, 1.82) is 0 Å². The highest BCUT2D eigenvalue weighted by molar-refractivity contribution is 5.90. The van der Waals surface area contributed by atoms with Gasteiger partial charge in [0.1, 0.15) is 0 Å². The Balaban J connectivity index is 0.000000197. The fourth-order valence-electron chi connectivity index (χ4n) is 8.36. The molecule has 0 spiro atoms. The molecule has 0 unspecified atom stereocenters. The first-order valence-electron chi connectivity index (χ1n) is 17.3. The highest BCUT2D eigenvalue weighted by Crippen LogP contribution is 2.53. The van der Waals surface area contributed by atoms with Gasteiger partial charge >= 0.3 is 0 Å². The minimum atomic E-state index is 0.0191. The SMILES string of the molecule is CCCc1ccc(-c2ccccc2)cc1.Cc1cc2c(cc1-c1ccc3c(c1C)C(C)(C)c1ccccc1-3)-c1ccccc1C2(C)C. The van der Waals surface area contributed by atoms with Crippen LogP contribution in [0.4, 0.5) is 0 Å². The minimum Gasteiger partial charge on any atom is -0.0651 e. The van der Waals surface area contributed by atoms with E-state index in [1.807, 2.05) is 0 Å². The Morgan fingerprint density at radius 2 is 1.00 bits per heavy atom. The summed E-state index contributed by atoms with van der Waals surface area (Å²) in [6.45, 7) is 16.3. The van der Waals surface area contributed by atoms with Gasteiger partial charge in [-0.3, -0.25) is 0 Å². The molecule has 0 radical (unpaired) electrons. The zero-order valence-corrected chi connectivity index (χ0v) is 29.0. The van der Waals surface area contributed by atoms with Gasteiger partial charge in [-0.15, -0.1) is 0 Å². The molecule has 0 saturated heterocycles. The zero-order chi connectivity index (χ0) is 32.9. The molecular formula is C47H46. The number of fused-ring (bicyclic) bond motifs is 6. The van der Waals surface area contributed by atoms with Crippen LogP contribution in [0.2, 0.25) is 0 Å². The number of aryl methyl sites for hydroxylation is 2. The summed E-state index contributed by atoms with van der Waals surface area (Å²) in [5.41, 5.74) is 21.0. The standard InChI is InChI=1S/C32H30.C15H16/c1-19-17-29-26(23-12-8-9-13-27(23)31(29,3)4)18-25(19)21-15-16-24-22-11-7-10-14-28(22)32(5,6)30(24)20(21)2;1-2-6-13-9-11-15(12-10-13)14-7-4-3-5-8-14/h7-18H,1-6H3;3-5,7-12H,2,6H2,1H3. The molecule has 0 amide bonds. The third-order valence-electron chi connectivity index (χ3n) is 10.8. The highest BCUT2D eigenvalue weighted by atomic mass is 14.4. The fraction of sp³-hybridized carbons (Fsp3) is 0.234. The smallest absolute Gasteiger partial charge is 0.0161 e. The highest BCUT2D eigenvalue weighted by Gasteiger charge is 2.38. The van der Waals surface area contributed by atoms with Crippen LogP contribution in [0.1, 0.15) is 80.0 Å². The maximum absolute atomic E-state index is 2.46. The van der Waals surface area contributed by atoms with Gasteiger partial charge in [0.2, 0.25) is 0 Å². The van der Waals surface area contributed by atoms with Crippen molar-refractivity contribution in [2.75, 3.05) is 0 Å². The van der Waals surface area contributed by atoms with Crippen molar-refractivity contribution >= 4 is 0 Å². The summed E-state index contributed by atoms with van der Waals surface area (Å²) in [4.78, 5) is 0. The lowest BCUT2D eigenvalue weighted by atomic mass is 9.78. The number of rotatable bonds is 4. The molecule has 0 bridgehead atoms. The fourth-order valence-corrected chi connectivity index (χ4v) is 8.36. The van der Waals surface area contributed by atoms with Gasteiger partial charge < -0.3 is 0 Å². The Labute approximate surface area is 282 Å². The van der Waals surface area contributed by atoms with Crippen LogP contribution in [-0.2, 0) is 17.3 Å². The molecule has 2 aliphatic carbocycles. The van der Waals surface area contributed by atoms with Gasteiger partial charge in [0, 0.05) is 10.8 Å². The van der Waals surface area contributed by atoms with Gasteiger partial charge in [-0.2, -0.15) is 0 Å². The molecule has 8 rings (SSSR count). The molecule has 0 atom stereocenters. The number of hydrogen-bond acceptors (Lipinski definition) is 0. The third-order valence-corrected chi connectivity index (χ3v) is 10.8. The van der Waals surface area contributed by atoms with Crippen molar-refractivity contribution in [3.63, 3.8) is 0 Å². The molecular weight excluding hydrogens is 565 g/mol. The second-order valence-corrected chi connectivity index (χ2v) is 14.5. The van der Waals surface area contributed by atoms with Crippen molar-refractivity contribution in [3.05, 3.63) is 166 Å². The quantitative estimate of drug-likeness (QED) is 0.186. The Morgan fingerprint density at radius 3 is 1.66 bits per heavy atom. The van der Waals surface area contributed by atoms with Crippen molar-refractivity contribution < 1.29 is 0 Å². The summed E-state index contributed by atoms with van der Waals surface area (Å²) in [6.07, 6.45) is 2.39. The summed E-state index contributed by atoms with van der Waals surface area (Å²) < 4.78 is 0. The van der Waals surface area contributed by atoms with Crippen LogP contribution < -0.4 is 0 Å². The first-order valence-corrected chi connectivity index (χ1v) is 17.3. The molecule has 2 aliphatic rings. The van der Waals surface area contributed by atoms with E-state index < -0.39 is 0 Å². The summed E-state index contributed by atoms with van der Waals surface area (Å²) in [5.74, 6) is 0. The number of benzene rings is 6. The van der Waals surface area contributed by atoms with Crippen LogP contribution in [0.3, 0.4) is 0 Å². The first kappa shape index (κ1) is 30.9. The molecule has 0 nitrogen and oxygen atoms in total. The summed E-state index contributed by atoms with van der Waals surface area (Å²) in [7, 11) is 0. The van der Waals surface area contributed by atoms with Gasteiger partial charge in [-0.05, 0) is 110 Å². The maximum atomic E-state index is 2.46. The Kier molecular flexibility index (Phi) is 7.80. The average molecular weight is 611 g/mol. The maximum Gasteiger partial charge on any atom is 0.0161 e. The largest absolute Gasteiger partial charge is 0.0651 e. The number of hydrogen-bond donors (Lipinski definition) is 0. The predicted octanol–water partition coefficient (Wildman–Crippen LogP) is 12.9. The van der Waals surface area contributed by atoms with Gasteiger partial charge in [0.25, 0.3) is 0 Å². The molecule has 0 heterocycles. The molecule has 234 valence electrons. The molecule has 47 heavy (non-hydrogen) atoms. The van der Waals surface area contributed by atoms with Crippen LogP contribution in [0, 0.1) is 13.8 Å². The summed E-state index contributed by atoms with van der Waals surface area (Å²) >= 11 is 0. The van der Waals surface area contributed by atoms with Crippen molar-refractivity contribution in [1.82, 2.24) is 0 Å². The van der Waals surface area contributed by atoms with E-state index in [-0.39, 0.29) is 10.8 Å². The lowest BCUT2D eigenvalue weighted by Crippen LogP contribution is -2.17. The molecule has 0 N–H and O–H groups in total. The zero-order valence-electron chi connectivity index (χ0n) is 29.0. The van der Waals surface area contributed by atoms with Crippen LogP contribution in [0.15, 0.2) is 127 Å². The van der Waals surface area contributed by atoms with Crippen LogP contribution >= 0.6 is 0 Å². The van der Waals surface area contributed by atoms with Gasteiger partial charge in [0.05, 0.1) is 0 Å². The summed E-state index contributed by atoms with van der Waals surface area (Å²) in [6, 6.07) is 46.8. The third kappa shape index (κ3) is 5.16. The monoisotopic (exact) mass is 610 g/mol. The normalized spacial score (nSPS) is 14.4. The molecule has 0 saturated carbocycles. The lowest BCUT2D eigenvalue weighted by Gasteiger charge is -2.26. The van der Waals surface area contributed by atoms with E-state index in [1.165, 1.54) is 96.3 Å². The van der Waals surface area contributed by atoms with E-state index >= 15 is 0 Å². The molecule has 0 fully saturated rings. The van der Waals surface area contributed by atoms with Crippen molar-refractivity contribution in [3.8, 4) is 44.5 Å². The van der Waals surface area contributed by atoms with E-state index in [9.17, 15) is 0 Å². The molecule has 6 aromatic rings. The molecule has 0 heteroatoms. The predicted molar refractivity (Wildman–Crippen MR) is 202 cm³/mol. The van der Waals surface area contributed by atoms with Crippen LogP contribution in [-0.4, -0.2) is 0 Å². The molecule has 6 aromatic carbocycles. The van der Waals surface area contributed by atoms with E-state index in [0.717, 1.165) is 0 Å². The van der Waals surface area contributed by atoms with Crippen LogP contribution in [0.5, 0.6) is 0 Å². The second-order valence-electron chi connectivity index (χ2n) is 14.5. The minimum absolute atomic E-state index is 0.0191. The van der Waals surface area contributed by atoms with Crippen molar-refractivity contribution in [2.45, 2.75) is 72.1 Å². The Hall–Kier alpha value is -4.68. The van der Waals surface area contributed by atoms with E-state index in [0.29, 0.717) is 0 Å². The second kappa shape index (κ2) is 11.8. The average Bonchev–Trinajstić information content (AvgIpc) is 3.45. The molecule has 0 aliphatic heterocycles. The van der Waals surface area contributed by atoms with Gasteiger partial charge in [-0.1, -0.05) is 162 Å². The van der Waals surface area contributed by atoms with E-state index in [1.54, 1.807) is 0 Å². The summed E-state index contributed by atoms with van der Waals surface area (Å²) in [5, 5.41) is 0. The van der Waals surface area contributed by atoms with Gasteiger partial charge in [-0.25, -0.2) is 0 Å². The van der Waals surface area contributed by atoms with Gasteiger partial charge in [0.15, 0.2) is 0 Å². The lowest BCUT2D eigenvalue weighted by molar-refractivity contribution is 0.656. The van der Waals surface area contributed by atoms with E-state index in [4.69, 9.17) is 0 Å².